The summed E-state index contributed by atoms with van der Waals surface area (Å²) in [5.74, 6) is 1.80. The van der Waals surface area contributed by atoms with Crippen LogP contribution in [0.1, 0.15) is 0 Å². The van der Waals surface area contributed by atoms with Gasteiger partial charge in [-0.3, -0.25) is 0 Å². The van der Waals surface area contributed by atoms with Crippen LogP contribution in [0.2, 0.25) is 0 Å². The Morgan fingerprint density at radius 3 is 1.57 bits per heavy atom. The summed E-state index contributed by atoms with van der Waals surface area (Å²) in [4.78, 5) is 15.6. The van der Waals surface area contributed by atoms with Gasteiger partial charge in [0.1, 0.15) is 11.2 Å². The number of rotatable bonds is 6. The highest BCUT2D eigenvalue weighted by Crippen LogP contribution is 2.44. The highest BCUT2D eigenvalue weighted by atomic mass is 32.1. The SMILES string of the molecule is c1ccc(-c2cccc(-c3cccc4c3oc3c(-c5nc(-c6ccccc6)nc(-c6cccc7c6sc6cccc(-c8ccccc8)c67)n5)cccc34)c2)cc1. The highest BCUT2D eigenvalue weighted by molar-refractivity contribution is 7.26. The van der Waals surface area contributed by atoms with Crippen molar-refractivity contribution in [2.24, 2.45) is 0 Å². The molecule has 0 aliphatic heterocycles. The lowest BCUT2D eigenvalue weighted by molar-refractivity contribution is 0.670. The number of thiophene rings is 1. The molecular weight excluding hydrogens is 703 g/mol. The van der Waals surface area contributed by atoms with Crippen molar-refractivity contribution < 1.29 is 4.42 Å². The molecule has 0 atom stereocenters. The molecule has 0 saturated carbocycles. The van der Waals surface area contributed by atoms with Gasteiger partial charge in [0.15, 0.2) is 17.5 Å². The summed E-state index contributed by atoms with van der Waals surface area (Å²) in [7, 11) is 0. The molecule has 3 aromatic heterocycles. The molecular formula is C51H31N3OS. The largest absolute Gasteiger partial charge is 0.455 e. The third-order valence-electron chi connectivity index (χ3n) is 10.6. The van der Waals surface area contributed by atoms with Gasteiger partial charge < -0.3 is 4.42 Å². The first-order chi connectivity index (χ1) is 27.8. The van der Waals surface area contributed by atoms with Crippen LogP contribution in [0.4, 0.5) is 0 Å². The zero-order valence-electron chi connectivity index (χ0n) is 30.1. The highest BCUT2D eigenvalue weighted by Gasteiger charge is 2.21. The minimum Gasteiger partial charge on any atom is -0.455 e. The Labute approximate surface area is 327 Å². The predicted octanol–water partition coefficient (Wildman–Crippen LogP) is 14.1. The van der Waals surface area contributed by atoms with E-state index in [9.17, 15) is 0 Å². The van der Waals surface area contributed by atoms with E-state index in [2.05, 4.69) is 152 Å². The molecule has 0 unspecified atom stereocenters. The third-order valence-corrected chi connectivity index (χ3v) is 11.8. The number of hydrogen-bond acceptors (Lipinski definition) is 5. The van der Waals surface area contributed by atoms with E-state index in [-0.39, 0.29) is 0 Å². The zero-order valence-corrected chi connectivity index (χ0v) is 30.9. The van der Waals surface area contributed by atoms with Gasteiger partial charge in [0, 0.05) is 47.6 Å². The van der Waals surface area contributed by atoms with E-state index in [1.807, 2.05) is 36.4 Å². The fraction of sp³-hybridized carbons (Fsp3) is 0. The summed E-state index contributed by atoms with van der Waals surface area (Å²) >= 11 is 1.78. The molecule has 56 heavy (non-hydrogen) atoms. The summed E-state index contributed by atoms with van der Waals surface area (Å²) in [6.07, 6.45) is 0. The average Bonchev–Trinajstić information content (AvgIpc) is 3.86. The lowest BCUT2D eigenvalue weighted by atomic mass is 9.97. The van der Waals surface area contributed by atoms with Crippen LogP contribution in [0.25, 0.3) is 110 Å². The zero-order chi connectivity index (χ0) is 37.0. The summed E-state index contributed by atoms with van der Waals surface area (Å²) in [5, 5.41) is 4.50. The summed E-state index contributed by atoms with van der Waals surface area (Å²) in [5.41, 5.74) is 11.2. The van der Waals surface area contributed by atoms with Crippen LogP contribution < -0.4 is 0 Å². The molecule has 0 aliphatic carbocycles. The Kier molecular flexibility index (Phi) is 7.64. The molecule has 4 nitrogen and oxygen atoms in total. The number of nitrogens with zero attached hydrogens (tertiary/aromatic N) is 3. The Morgan fingerprint density at radius 1 is 0.339 bits per heavy atom. The van der Waals surface area contributed by atoms with Crippen LogP contribution in [0.5, 0.6) is 0 Å². The van der Waals surface area contributed by atoms with Gasteiger partial charge in [-0.15, -0.1) is 11.3 Å². The number of para-hydroxylation sites is 2. The van der Waals surface area contributed by atoms with E-state index in [4.69, 9.17) is 19.4 Å². The predicted molar refractivity (Wildman–Crippen MR) is 233 cm³/mol. The van der Waals surface area contributed by atoms with E-state index >= 15 is 0 Å². The average molecular weight is 734 g/mol. The van der Waals surface area contributed by atoms with Crippen molar-refractivity contribution >= 4 is 53.4 Å². The Balaban J connectivity index is 1.11. The van der Waals surface area contributed by atoms with Gasteiger partial charge in [0.05, 0.1) is 5.56 Å². The smallest absolute Gasteiger partial charge is 0.167 e. The van der Waals surface area contributed by atoms with Crippen molar-refractivity contribution in [3.8, 4) is 67.5 Å². The molecule has 8 aromatic carbocycles. The molecule has 0 spiro atoms. The fourth-order valence-corrected chi connectivity index (χ4v) is 9.17. The number of benzene rings is 8. The molecule has 5 heteroatoms. The van der Waals surface area contributed by atoms with Gasteiger partial charge in [-0.05, 0) is 52.1 Å². The Bertz CT molecular complexity index is 3240. The molecule has 0 aliphatic rings. The van der Waals surface area contributed by atoms with E-state index < -0.39 is 0 Å². The maximum atomic E-state index is 6.93. The van der Waals surface area contributed by atoms with Crippen molar-refractivity contribution in [1.29, 1.82) is 0 Å². The number of fused-ring (bicyclic) bond motifs is 6. The van der Waals surface area contributed by atoms with Gasteiger partial charge in [-0.2, -0.15) is 0 Å². The first-order valence-corrected chi connectivity index (χ1v) is 19.5. The number of hydrogen-bond donors (Lipinski definition) is 0. The maximum Gasteiger partial charge on any atom is 0.167 e. The lowest BCUT2D eigenvalue weighted by Gasteiger charge is -2.09. The summed E-state index contributed by atoms with van der Waals surface area (Å²) in [6, 6.07) is 65.5. The number of aromatic nitrogens is 3. The van der Waals surface area contributed by atoms with E-state index in [1.165, 1.54) is 32.2 Å². The van der Waals surface area contributed by atoms with E-state index in [0.717, 1.165) is 60.0 Å². The van der Waals surface area contributed by atoms with Crippen LogP contribution in [0.15, 0.2) is 192 Å². The number of furan rings is 1. The molecule has 0 fully saturated rings. The van der Waals surface area contributed by atoms with Crippen molar-refractivity contribution in [2.75, 3.05) is 0 Å². The van der Waals surface area contributed by atoms with Gasteiger partial charge in [-0.25, -0.2) is 15.0 Å². The van der Waals surface area contributed by atoms with E-state index in [1.54, 1.807) is 11.3 Å². The molecule has 0 radical (unpaired) electrons. The minimum atomic E-state index is 0.564. The normalized spacial score (nSPS) is 11.6. The second kappa shape index (κ2) is 13.3. The van der Waals surface area contributed by atoms with Crippen LogP contribution in [0.3, 0.4) is 0 Å². The fourth-order valence-electron chi connectivity index (χ4n) is 7.94. The second-order valence-electron chi connectivity index (χ2n) is 13.9. The topological polar surface area (TPSA) is 51.8 Å². The van der Waals surface area contributed by atoms with Gasteiger partial charge >= 0.3 is 0 Å². The lowest BCUT2D eigenvalue weighted by Crippen LogP contribution is -2.00. The van der Waals surface area contributed by atoms with Crippen molar-refractivity contribution in [1.82, 2.24) is 15.0 Å². The van der Waals surface area contributed by atoms with Gasteiger partial charge in [0.25, 0.3) is 0 Å². The molecule has 11 rings (SSSR count). The monoisotopic (exact) mass is 733 g/mol. The molecule has 0 N–H and O–H groups in total. The third kappa shape index (κ3) is 5.40. The molecule has 3 heterocycles. The molecule has 0 bridgehead atoms. The van der Waals surface area contributed by atoms with Crippen LogP contribution in [-0.4, -0.2) is 15.0 Å². The van der Waals surface area contributed by atoms with Crippen LogP contribution in [-0.2, 0) is 0 Å². The van der Waals surface area contributed by atoms with Crippen molar-refractivity contribution in [3.05, 3.63) is 188 Å². The Hall–Kier alpha value is -7.21. The first-order valence-electron chi connectivity index (χ1n) is 18.7. The minimum absolute atomic E-state index is 0.564. The van der Waals surface area contributed by atoms with Crippen molar-refractivity contribution in [2.45, 2.75) is 0 Å². The van der Waals surface area contributed by atoms with Crippen molar-refractivity contribution in [3.63, 3.8) is 0 Å². The molecule has 0 amide bonds. The summed E-state index contributed by atoms with van der Waals surface area (Å²) < 4.78 is 9.30. The standard InChI is InChI=1S/C51H31N3OS/c1-4-15-32(16-5-1)35-21-10-22-36(31-35)38-24-11-25-39-40-26-12-28-42(47(40)55-46(38)39)50-52-49(34-19-8-3-9-20-34)53-51(54-50)43-29-13-27-41-45-37(33-17-6-2-7-18-33)23-14-30-44(45)56-48(41)43/h1-31H. The molecule has 0 saturated heterocycles. The first kappa shape index (κ1) is 32.2. The van der Waals surface area contributed by atoms with E-state index in [0.29, 0.717) is 17.5 Å². The van der Waals surface area contributed by atoms with Crippen LogP contribution >= 0.6 is 11.3 Å². The summed E-state index contributed by atoms with van der Waals surface area (Å²) in [6.45, 7) is 0. The van der Waals surface area contributed by atoms with Gasteiger partial charge in [0.2, 0.25) is 0 Å². The van der Waals surface area contributed by atoms with Gasteiger partial charge in [-0.1, -0.05) is 164 Å². The maximum absolute atomic E-state index is 6.93. The quantitative estimate of drug-likeness (QED) is 0.171. The Morgan fingerprint density at radius 2 is 0.839 bits per heavy atom. The molecule has 262 valence electrons. The molecule has 11 aromatic rings. The second-order valence-corrected chi connectivity index (χ2v) is 15.0. The van der Waals surface area contributed by atoms with Crippen LogP contribution in [0, 0.1) is 0 Å².